The lowest BCUT2D eigenvalue weighted by atomic mass is 10.0. The fourth-order valence-electron chi connectivity index (χ4n) is 5.66. The smallest absolute Gasteiger partial charge is 0.451 e. The lowest BCUT2D eigenvalue weighted by molar-refractivity contribution is -0.148. The second-order valence-corrected chi connectivity index (χ2v) is 12.5. The van der Waals surface area contributed by atoms with Crippen molar-refractivity contribution in [2.75, 3.05) is 6.54 Å². The number of alkyl halides is 3. The topological polar surface area (TPSA) is 114 Å². The average molecular weight is 692 g/mol. The quantitative estimate of drug-likeness (QED) is 0.0820. The van der Waals surface area contributed by atoms with Gasteiger partial charge in [0.25, 0.3) is 0 Å². The molecule has 1 atom stereocenters. The van der Waals surface area contributed by atoms with Gasteiger partial charge >= 0.3 is 12.1 Å². The highest BCUT2D eigenvalue weighted by molar-refractivity contribution is 5.77. The average Bonchev–Trinajstić information content (AvgIpc) is 3.46. The number of fused-ring (bicyclic) bond motifs is 1. The SMILES string of the molecule is CCCCCCCCCCCCCCCCCC(=O)O.N[C@@H](CC(=O)N1CCn2c(nnc2C(F)(F)F)C1)Cc1cc(F)c(F)cc1F. The van der Waals surface area contributed by atoms with Crippen LogP contribution in [-0.4, -0.2) is 49.2 Å². The van der Waals surface area contributed by atoms with Crippen molar-refractivity contribution in [2.45, 2.75) is 148 Å². The largest absolute Gasteiger partial charge is 0.481 e. The summed E-state index contributed by atoms with van der Waals surface area (Å²) in [6.45, 7) is 1.97. The van der Waals surface area contributed by atoms with E-state index < -0.39 is 47.4 Å². The molecule has 0 radical (unpaired) electrons. The van der Waals surface area contributed by atoms with Crippen molar-refractivity contribution in [3.8, 4) is 0 Å². The normalized spacial score (nSPS) is 13.5. The maximum atomic E-state index is 13.7. The number of aliphatic carboxylic acids is 1. The van der Waals surface area contributed by atoms with Crippen LogP contribution in [0, 0.1) is 17.5 Å². The summed E-state index contributed by atoms with van der Waals surface area (Å²) in [4.78, 5) is 24.0. The van der Waals surface area contributed by atoms with Gasteiger partial charge in [-0.3, -0.25) is 9.59 Å². The predicted octanol–water partition coefficient (Wildman–Crippen LogP) is 8.35. The minimum atomic E-state index is -4.64. The Morgan fingerprint density at radius 3 is 1.85 bits per heavy atom. The number of aromatic nitrogens is 3. The van der Waals surface area contributed by atoms with Crippen LogP contribution in [0.25, 0.3) is 0 Å². The molecule has 8 nitrogen and oxygen atoms in total. The number of nitrogens with zero attached hydrogens (tertiary/aromatic N) is 4. The fraction of sp³-hybridized carbons (Fsp3) is 0.706. The summed E-state index contributed by atoms with van der Waals surface area (Å²) in [6.07, 6.45) is 15.1. The zero-order chi connectivity index (χ0) is 35.5. The number of carboxylic acids is 1. The minimum Gasteiger partial charge on any atom is -0.481 e. The van der Waals surface area contributed by atoms with Crippen LogP contribution in [0.5, 0.6) is 0 Å². The Bertz CT molecular complexity index is 1260. The Morgan fingerprint density at radius 2 is 1.33 bits per heavy atom. The number of hydrogen-bond donors (Lipinski definition) is 2. The maximum absolute atomic E-state index is 13.7. The van der Waals surface area contributed by atoms with E-state index in [1.807, 2.05) is 0 Å². The molecule has 1 amide bonds. The van der Waals surface area contributed by atoms with E-state index in [-0.39, 0.29) is 43.9 Å². The number of carbonyl (C=O) groups excluding carboxylic acids is 1. The van der Waals surface area contributed by atoms with Crippen molar-refractivity contribution < 1.29 is 41.0 Å². The molecule has 1 aromatic carbocycles. The predicted molar refractivity (Wildman–Crippen MR) is 170 cm³/mol. The number of unbranched alkanes of at least 4 members (excludes halogenated alkanes) is 14. The Kier molecular flexibility index (Phi) is 18.6. The van der Waals surface area contributed by atoms with E-state index in [9.17, 15) is 35.9 Å². The second kappa shape index (κ2) is 21.7. The van der Waals surface area contributed by atoms with Crippen molar-refractivity contribution in [3.63, 3.8) is 0 Å². The van der Waals surface area contributed by atoms with Gasteiger partial charge in [0.05, 0.1) is 6.54 Å². The summed E-state index contributed by atoms with van der Waals surface area (Å²) in [5, 5.41) is 15.1. The van der Waals surface area contributed by atoms with Crippen molar-refractivity contribution in [3.05, 3.63) is 46.8 Å². The molecule has 48 heavy (non-hydrogen) atoms. The molecular formula is C34H51F6N5O3. The summed E-state index contributed by atoms with van der Waals surface area (Å²) in [7, 11) is 0. The van der Waals surface area contributed by atoms with Gasteiger partial charge in [-0.05, 0) is 24.5 Å². The molecule has 0 bridgehead atoms. The first-order chi connectivity index (χ1) is 22.8. The molecule has 2 heterocycles. The third kappa shape index (κ3) is 15.4. The summed E-state index contributed by atoms with van der Waals surface area (Å²) < 4.78 is 79.3. The van der Waals surface area contributed by atoms with Gasteiger partial charge in [0, 0.05) is 38.0 Å². The first kappa shape index (κ1) is 41.0. The molecule has 0 spiro atoms. The van der Waals surface area contributed by atoms with Gasteiger partial charge in [0.2, 0.25) is 11.7 Å². The monoisotopic (exact) mass is 691 g/mol. The molecule has 272 valence electrons. The third-order valence-corrected chi connectivity index (χ3v) is 8.36. The fourth-order valence-corrected chi connectivity index (χ4v) is 5.66. The number of carbonyl (C=O) groups is 2. The lowest BCUT2D eigenvalue weighted by Crippen LogP contribution is -2.42. The highest BCUT2D eigenvalue weighted by atomic mass is 19.4. The van der Waals surface area contributed by atoms with Crippen LogP contribution in [0.15, 0.2) is 12.1 Å². The van der Waals surface area contributed by atoms with Gasteiger partial charge in [0.1, 0.15) is 5.82 Å². The zero-order valence-electron chi connectivity index (χ0n) is 28.0. The summed E-state index contributed by atoms with van der Waals surface area (Å²) >= 11 is 0. The molecule has 0 fully saturated rings. The molecule has 14 heteroatoms. The van der Waals surface area contributed by atoms with Gasteiger partial charge in [0.15, 0.2) is 17.5 Å². The molecule has 1 aliphatic rings. The first-order valence-electron chi connectivity index (χ1n) is 17.2. The summed E-state index contributed by atoms with van der Waals surface area (Å²) in [6, 6.07) is 0.184. The molecule has 3 rings (SSSR count). The third-order valence-electron chi connectivity index (χ3n) is 8.36. The number of halogens is 6. The Morgan fingerprint density at radius 1 is 0.812 bits per heavy atom. The molecule has 1 aliphatic heterocycles. The summed E-state index contributed by atoms with van der Waals surface area (Å²) in [5.41, 5.74) is 5.64. The minimum absolute atomic E-state index is 0.000783. The van der Waals surface area contributed by atoms with Crippen LogP contribution in [0.1, 0.15) is 133 Å². The highest BCUT2D eigenvalue weighted by Crippen LogP contribution is 2.29. The first-order valence-corrected chi connectivity index (χ1v) is 17.2. The molecule has 0 aliphatic carbocycles. The molecule has 1 aromatic heterocycles. The maximum Gasteiger partial charge on any atom is 0.451 e. The molecule has 0 saturated heterocycles. The number of carboxylic acid groups (broad SMARTS) is 1. The van der Waals surface area contributed by atoms with E-state index in [4.69, 9.17) is 10.8 Å². The molecule has 0 unspecified atom stereocenters. The number of benzene rings is 1. The van der Waals surface area contributed by atoms with Gasteiger partial charge in [-0.15, -0.1) is 10.2 Å². The van der Waals surface area contributed by atoms with Gasteiger partial charge in [-0.2, -0.15) is 13.2 Å². The van der Waals surface area contributed by atoms with Crippen LogP contribution in [-0.2, 0) is 35.3 Å². The molecule has 2 aromatic rings. The van der Waals surface area contributed by atoms with Crippen molar-refractivity contribution in [2.24, 2.45) is 5.73 Å². The zero-order valence-corrected chi connectivity index (χ0v) is 28.0. The van der Waals surface area contributed by atoms with Crippen LogP contribution < -0.4 is 5.73 Å². The standard InChI is InChI=1S/C18H36O2.C16H15F6N5O/c1-2-3-4-5-6-7-8-9-10-11-12-13-14-15-16-17-18(19)20;17-10-6-12(19)11(18)4-8(10)3-9(23)5-14(28)26-1-2-27-13(7-26)24-25-15(27)16(20,21)22/h2-17H2,1H3,(H,19,20);4,6,9H,1-3,5,7,23H2/t;9-/m.1/s1. The van der Waals surface area contributed by atoms with Crippen molar-refractivity contribution in [1.82, 2.24) is 19.7 Å². The van der Waals surface area contributed by atoms with Crippen LogP contribution >= 0.6 is 0 Å². The van der Waals surface area contributed by atoms with Gasteiger partial charge in [-0.1, -0.05) is 96.8 Å². The van der Waals surface area contributed by atoms with E-state index in [1.165, 1.54) is 88.4 Å². The van der Waals surface area contributed by atoms with Crippen LogP contribution in [0.3, 0.4) is 0 Å². The van der Waals surface area contributed by atoms with Gasteiger partial charge < -0.3 is 20.3 Å². The van der Waals surface area contributed by atoms with E-state index in [0.29, 0.717) is 18.6 Å². The van der Waals surface area contributed by atoms with Crippen molar-refractivity contribution in [1.29, 1.82) is 0 Å². The number of amides is 1. The van der Waals surface area contributed by atoms with E-state index in [0.717, 1.165) is 17.4 Å². The number of hydrogen-bond acceptors (Lipinski definition) is 5. The van der Waals surface area contributed by atoms with E-state index in [2.05, 4.69) is 17.1 Å². The Labute approximate surface area is 279 Å². The van der Waals surface area contributed by atoms with E-state index in [1.54, 1.807) is 0 Å². The lowest BCUT2D eigenvalue weighted by Gasteiger charge is -2.29. The van der Waals surface area contributed by atoms with E-state index >= 15 is 0 Å². The Hall–Kier alpha value is -3.16. The highest BCUT2D eigenvalue weighted by Gasteiger charge is 2.40. The Balaban J connectivity index is 0.000000356. The molecule has 3 N–H and O–H groups in total. The van der Waals surface area contributed by atoms with Gasteiger partial charge in [-0.25, -0.2) is 13.2 Å². The molecular weight excluding hydrogens is 640 g/mol. The number of rotatable bonds is 20. The second-order valence-electron chi connectivity index (χ2n) is 12.5. The molecule has 0 saturated carbocycles. The van der Waals surface area contributed by atoms with Crippen LogP contribution in [0.2, 0.25) is 0 Å². The van der Waals surface area contributed by atoms with Crippen LogP contribution in [0.4, 0.5) is 26.3 Å². The van der Waals surface area contributed by atoms with Crippen molar-refractivity contribution >= 4 is 11.9 Å². The number of nitrogens with two attached hydrogens (primary N) is 1. The summed E-state index contributed by atoms with van der Waals surface area (Å²) in [5.74, 6) is -5.80.